The van der Waals surface area contributed by atoms with Gasteiger partial charge in [0.25, 0.3) is 5.95 Å². The number of ether oxygens (including phenoxy) is 1. The molecule has 0 N–H and O–H groups in total. The van der Waals surface area contributed by atoms with Gasteiger partial charge in [-0.1, -0.05) is 17.3 Å². The summed E-state index contributed by atoms with van der Waals surface area (Å²) in [5, 5.41) is 18.4. The van der Waals surface area contributed by atoms with Crippen LogP contribution in [-0.2, 0) is 10.3 Å². The van der Waals surface area contributed by atoms with Crippen LogP contribution in [0.15, 0.2) is 43.0 Å². The van der Waals surface area contributed by atoms with Crippen LogP contribution < -0.4 is 0 Å². The van der Waals surface area contributed by atoms with Gasteiger partial charge in [-0.2, -0.15) is 4.68 Å². The Hall–Kier alpha value is -3.33. The molecule has 1 saturated carbocycles. The molecule has 6 rings (SSSR count). The van der Waals surface area contributed by atoms with Gasteiger partial charge in [-0.3, -0.25) is 4.40 Å². The summed E-state index contributed by atoms with van der Waals surface area (Å²) >= 11 is 0. The van der Waals surface area contributed by atoms with Gasteiger partial charge < -0.3 is 4.74 Å². The third-order valence-corrected chi connectivity index (χ3v) is 5.16. The fourth-order valence-electron chi connectivity index (χ4n) is 3.57. The van der Waals surface area contributed by atoms with Crippen molar-refractivity contribution in [2.75, 3.05) is 7.11 Å². The van der Waals surface area contributed by atoms with E-state index in [9.17, 15) is 0 Å². The van der Waals surface area contributed by atoms with Crippen molar-refractivity contribution in [2.24, 2.45) is 0 Å². The molecule has 0 saturated heterocycles. The molecule has 9 nitrogen and oxygen atoms in total. The van der Waals surface area contributed by atoms with Gasteiger partial charge >= 0.3 is 0 Å². The molecular weight excluding hydrogens is 332 g/mol. The number of nitrogens with zero attached hydrogens (tertiary/aromatic N) is 8. The maximum Gasteiger partial charge on any atom is 0.259 e. The lowest BCUT2D eigenvalue weighted by molar-refractivity contribution is 0.0751. The molecule has 0 spiro atoms. The maximum atomic E-state index is 5.60. The Bertz CT molecular complexity index is 1290. The van der Waals surface area contributed by atoms with E-state index >= 15 is 0 Å². The molecule has 5 aromatic rings. The summed E-state index contributed by atoms with van der Waals surface area (Å²) < 4.78 is 11.2. The highest BCUT2D eigenvalue weighted by Gasteiger charge is 2.47. The van der Waals surface area contributed by atoms with Gasteiger partial charge in [-0.15, -0.1) is 15.3 Å². The summed E-state index contributed by atoms with van der Waals surface area (Å²) in [4.78, 5) is 4.30. The molecule has 1 fully saturated rings. The zero-order valence-corrected chi connectivity index (χ0v) is 13.9. The molecule has 0 amide bonds. The Morgan fingerprint density at radius 3 is 2.85 bits per heavy atom. The first-order valence-electron chi connectivity index (χ1n) is 8.37. The summed E-state index contributed by atoms with van der Waals surface area (Å²) in [6.07, 6.45) is 7.37. The lowest BCUT2D eigenvalue weighted by Crippen LogP contribution is -2.09. The fraction of sp³-hybridized carbons (Fsp3) is 0.235. The van der Waals surface area contributed by atoms with Crippen LogP contribution in [-0.4, -0.2) is 46.1 Å². The van der Waals surface area contributed by atoms with Crippen LogP contribution in [0.1, 0.15) is 18.5 Å². The highest BCUT2D eigenvalue weighted by Crippen LogP contribution is 2.47. The smallest absolute Gasteiger partial charge is 0.259 e. The van der Waals surface area contributed by atoms with E-state index in [-0.39, 0.29) is 5.60 Å². The summed E-state index contributed by atoms with van der Waals surface area (Å²) in [7, 11) is 1.71. The molecule has 9 heteroatoms. The largest absolute Gasteiger partial charge is 0.372 e. The molecule has 0 aliphatic heterocycles. The van der Waals surface area contributed by atoms with Crippen molar-refractivity contribution in [2.45, 2.75) is 18.4 Å². The summed E-state index contributed by atoms with van der Waals surface area (Å²) in [5.74, 6) is 0.571. The second kappa shape index (κ2) is 4.64. The van der Waals surface area contributed by atoms with E-state index < -0.39 is 0 Å². The van der Waals surface area contributed by atoms with Gasteiger partial charge in [0, 0.05) is 12.5 Å². The number of hydrogen-bond acceptors (Lipinski definition) is 6. The number of para-hydroxylation sites is 1. The Kier molecular flexibility index (Phi) is 2.48. The predicted octanol–water partition coefficient (Wildman–Crippen LogP) is 1.75. The zero-order valence-electron chi connectivity index (χ0n) is 13.9. The fourth-order valence-corrected chi connectivity index (χ4v) is 3.57. The molecular formula is C17H14N8O. The van der Waals surface area contributed by atoms with Crippen LogP contribution in [0.3, 0.4) is 0 Å². The highest BCUT2D eigenvalue weighted by molar-refractivity contribution is 5.94. The number of fused-ring (bicyclic) bond motifs is 6. The SMILES string of the molecule is COC1(c2cn(-c3nnc4c5ccccc5n5cncc5n34)nn2)CC1. The second-order valence-electron chi connectivity index (χ2n) is 6.54. The molecule has 0 atom stereocenters. The Morgan fingerprint density at radius 1 is 1.12 bits per heavy atom. The van der Waals surface area contributed by atoms with Crippen molar-refractivity contribution in [1.29, 1.82) is 0 Å². The summed E-state index contributed by atoms with van der Waals surface area (Å²) in [6, 6.07) is 8.06. The Balaban J connectivity index is 1.66. The van der Waals surface area contributed by atoms with Crippen molar-refractivity contribution in [3.05, 3.63) is 48.7 Å². The van der Waals surface area contributed by atoms with Gasteiger partial charge in [0.05, 0.1) is 17.9 Å². The lowest BCUT2D eigenvalue weighted by Gasteiger charge is -2.08. The molecule has 1 aliphatic rings. The minimum atomic E-state index is -0.294. The van der Waals surface area contributed by atoms with E-state index in [1.54, 1.807) is 24.3 Å². The van der Waals surface area contributed by atoms with Crippen LogP contribution in [0.4, 0.5) is 0 Å². The molecule has 0 radical (unpaired) electrons. The van der Waals surface area contributed by atoms with E-state index in [2.05, 4.69) is 25.5 Å². The monoisotopic (exact) mass is 346 g/mol. The number of aromatic nitrogens is 8. The molecule has 128 valence electrons. The first-order valence-corrected chi connectivity index (χ1v) is 8.37. The average Bonchev–Trinajstić information content (AvgIpc) is 3.09. The molecule has 1 aromatic carbocycles. The van der Waals surface area contributed by atoms with Crippen LogP contribution in [0.25, 0.3) is 28.1 Å². The molecule has 26 heavy (non-hydrogen) atoms. The van der Waals surface area contributed by atoms with E-state index in [1.165, 1.54) is 0 Å². The number of rotatable bonds is 3. The lowest BCUT2D eigenvalue weighted by atomic mass is 10.2. The van der Waals surface area contributed by atoms with Gasteiger partial charge in [-0.25, -0.2) is 9.38 Å². The average molecular weight is 346 g/mol. The maximum absolute atomic E-state index is 5.60. The minimum absolute atomic E-state index is 0.294. The first-order chi connectivity index (χ1) is 12.8. The van der Waals surface area contributed by atoms with E-state index in [1.807, 2.05) is 39.3 Å². The number of imidazole rings is 1. The first kappa shape index (κ1) is 13.9. The van der Waals surface area contributed by atoms with Crippen LogP contribution in [0, 0.1) is 0 Å². The third-order valence-electron chi connectivity index (χ3n) is 5.16. The zero-order chi connectivity index (χ0) is 17.3. The van der Waals surface area contributed by atoms with Crippen molar-refractivity contribution < 1.29 is 4.74 Å². The van der Waals surface area contributed by atoms with Gasteiger partial charge in [-0.05, 0) is 25.0 Å². The Morgan fingerprint density at radius 2 is 2.00 bits per heavy atom. The highest BCUT2D eigenvalue weighted by atomic mass is 16.5. The van der Waals surface area contributed by atoms with Crippen LogP contribution in [0.2, 0.25) is 0 Å². The molecule has 0 unspecified atom stereocenters. The molecule has 4 heterocycles. The van der Waals surface area contributed by atoms with Crippen LogP contribution in [0.5, 0.6) is 0 Å². The van der Waals surface area contributed by atoms with Crippen molar-refractivity contribution in [3.63, 3.8) is 0 Å². The Labute approximate surface area is 146 Å². The van der Waals surface area contributed by atoms with Crippen molar-refractivity contribution in [1.82, 2.24) is 39.0 Å². The van der Waals surface area contributed by atoms with Gasteiger partial charge in [0.1, 0.15) is 23.3 Å². The summed E-state index contributed by atoms with van der Waals surface area (Å²) in [5.41, 5.74) is 3.18. The third kappa shape index (κ3) is 1.65. The standard InChI is InChI=1S/C17H14N8O/c1-26-17(6-7-17)13-9-24(22-19-13)16-21-20-15-11-4-2-3-5-12(11)23-10-18-8-14(23)25(15)16/h2-5,8-10H,6-7H2,1H3. The molecule has 0 bridgehead atoms. The van der Waals surface area contributed by atoms with Gasteiger partial charge in [0.15, 0.2) is 5.65 Å². The summed E-state index contributed by atoms with van der Waals surface area (Å²) in [6.45, 7) is 0. The van der Waals surface area contributed by atoms with E-state index in [0.717, 1.165) is 40.7 Å². The van der Waals surface area contributed by atoms with Crippen molar-refractivity contribution >= 4 is 22.2 Å². The van der Waals surface area contributed by atoms with E-state index in [0.29, 0.717) is 5.95 Å². The van der Waals surface area contributed by atoms with Crippen molar-refractivity contribution in [3.8, 4) is 5.95 Å². The normalized spacial score (nSPS) is 16.0. The quantitative estimate of drug-likeness (QED) is 0.494. The predicted molar refractivity (Wildman–Crippen MR) is 92.1 cm³/mol. The molecule has 4 aromatic heterocycles. The second-order valence-corrected chi connectivity index (χ2v) is 6.54. The van der Waals surface area contributed by atoms with Gasteiger partial charge in [0.2, 0.25) is 0 Å². The number of benzene rings is 1. The topological polar surface area (TPSA) is 87.4 Å². The minimum Gasteiger partial charge on any atom is -0.372 e. The van der Waals surface area contributed by atoms with E-state index in [4.69, 9.17) is 4.74 Å². The van der Waals surface area contributed by atoms with Crippen LogP contribution >= 0.6 is 0 Å². The number of methoxy groups -OCH3 is 1. The number of hydrogen-bond donors (Lipinski definition) is 0. The molecule has 1 aliphatic carbocycles.